The van der Waals surface area contributed by atoms with E-state index in [1.165, 1.54) is 40.4 Å². The molecule has 0 aliphatic rings. The zero-order valence-electron chi connectivity index (χ0n) is 9.88. The Morgan fingerprint density at radius 2 is 2.35 bits per heavy atom. The summed E-state index contributed by atoms with van der Waals surface area (Å²) in [5, 5.41) is 14.7. The molecule has 2 aromatic heterocycles. The molecule has 0 saturated carbocycles. The maximum atomic E-state index is 13.6. The summed E-state index contributed by atoms with van der Waals surface area (Å²) in [4.78, 5) is 12.4. The number of hydrogen-bond donors (Lipinski definition) is 1. The van der Waals surface area contributed by atoms with Crippen LogP contribution in [0, 0.1) is 5.82 Å². The van der Waals surface area contributed by atoms with Gasteiger partial charge >= 0.3 is 0 Å². The number of amides is 1. The van der Waals surface area contributed by atoms with Gasteiger partial charge in [-0.25, -0.2) is 4.39 Å². The Kier molecular flexibility index (Phi) is 3.33. The molecule has 2 heterocycles. The van der Waals surface area contributed by atoms with Crippen molar-refractivity contribution in [2.24, 2.45) is 0 Å². The van der Waals surface area contributed by atoms with Crippen LogP contribution in [0.5, 0.6) is 0 Å². The maximum absolute atomic E-state index is 13.6. The average Bonchev–Trinajstić information content (AvgIpc) is 2.94. The summed E-state index contributed by atoms with van der Waals surface area (Å²) in [7, 11) is 0. The van der Waals surface area contributed by atoms with E-state index in [1.807, 2.05) is 0 Å². The summed E-state index contributed by atoms with van der Waals surface area (Å²) in [6.45, 7) is 0. The number of carbonyl (C=O) groups is 1. The largest absolute Gasteiger partial charge is 0.300 e. The molecule has 1 aromatic carbocycles. The third kappa shape index (κ3) is 2.47. The molecule has 0 fully saturated rings. The fourth-order valence-electron chi connectivity index (χ4n) is 1.64. The zero-order chi connectivity index (χ0) is 14.1. The number of fused-ring (bicyclic) bond motifs is 1. The number of nitrogens with zero attached hydrogens (tertiary/aromatic N) is 4. The van der Waals surface area contributed by atoms with Gasteiger partial charge < -0.3 is 5.32 Å². The lowest BCUT2D eigenvalue weighted by Gasteiger charge is -2.05. The molecule has 1 N–H and O–H groups in total. The monoisotopic (exact) mass is 311 g/mol. The highest BCUT2D eigenvalue weighted by Gasteiger charge is 2.14. The van der Waals surface area contributed by atoms with E-state index in [4.69, 9.17) is 11.6 Å². The zero-order valence-corrected chi connectivity index (χ0v) is 11.5. The lowest BCUT2D eigenvalue weighted by Crippen LogP contribution is -2.15. The second-order valence-corrected chi connectivity index (χ2v) is 5.25. The van der Waals surface area contributed by atoms with Gasteiger partial charge in [0.1, 0.15) is 12.1 Å². The van der Waals surface area contributed by atoms with Gasteiger partial charge in [-0.3, -0.25) is 4.79 Å². The minimum Gasteiger partial charge on any atom is -0.300 e. The second kappa shape index (κ2) is 5.14. The number of benzene rings is 1. The third-order valence-electron chi connectivity index (χ3n) is 2.53. The van der Waals surface area contributed by atoms with Gasteiger partial charge in [0.25, 0.3) is 0 Å². The number of hydrogen-bond acceptors (Lipinski definition) is 5. The van der Waals surface area contributed by atoms with Crippen molar-refractivity contribution < 1.29 is 9.18 Å². The average molecular weight is 312 g/mol. The molecular weight excluding hydrogens is 305 g/mol. The van der Waals surface area contributed by atoms with Crippen molar-refractivity contribution in [3.05, 3.63) is 40.9 Å². The van der Waals surface area contributed by atoms with Gasteiger partial charge in [0.05, 0.1) is 6.42 Å². The van der Waals surface area contributed by atoms with E-state index in [1.54, 1.807) is 0 Å². The number of rotatable bonds is 3. The first-order chi connectivity index (χ1) is 9.63. The Morgan fingerprint density at radius 3 is 3.10 bits per heavy atom. The van der Waals surface area contributed by atoms with Crippen LogP contribution >= 0.6 is 22.9 Å². The molecule has 102 valence electrons. The molecule has 0 radical (unpaired) electrons. The van der Waals surface area contributed by atoms with Crippen LogP contribution in [0.3, 0.4) is 0 Å². The van der Waals surface area contributed by atoms with Gasteiger partial charge in [-0.15, -0.1) is 15.3 Å². The lowest BCUT2D eigenvalue weighted by molar-refractivity contribution is -0.115. The van der Waals surface area contributed by atoms with Crippen molar-refractivity contribution in [3.63, 3.8) is 0 Å². The molecule has 0 unspecified atom stereocenters. The van der Waals surface area contributed by atoms with Gasteiger partial charge in [0, 0.05) is 10.6 Å². The van der Waals surface area contributed by atoms with E-state index in [2.05, 4.69) is 20.6 Å². The highest BCUT2D eigenvalue weighted by atomic mass is 35.5. The highest BCUT2D eigenvalue weighted by Crippen LogP contribution is 2.21. The van der Waals surface area contributed by atoms with E-state index < -0.39 is 11.7 Å². The Bertz CT molecular complexity index is 737. The normalized spacial score (nSPS) is 10.9. The van der Waals surface area contributed by atoms with Gasteiger partial charge in [-0.2, -0.15) is 4.52 Å². The Balaban J connectivity index is 1.75. The number of carbonyl (C=O) groups excluding carboxylic acids is 1. The van der Waals surface area contributed by atoms with Crippen molar-refractivity contribution in [1.82, 2.24) is 19.8 Å². The van der Waals surface area contributed by atoms with Crippen molar-refractivity contribution in [2.45, 2.75) is 6.42 Å². The first-order valence-electron chi connectivity index (χ1n) is 5.53. The van der Waals surface area contributed by atoms with Crippen LogP contribution in [0.4, 0.5) is 9.52 Å². The molecule has 0 spiro atoms. The van der Waals surface area contributed by atoms with Gasteiger partial charge in [-0.05, 0) is 12.1 Å². The first-order valence-corrected chi connectivity index (χ1v) is 6.72. The predicted octanol–water partition coefficient (Wildman–Crippen LogP) is 2.16. The summed E-state index contributed by atoms with van der Waals surface area (Å²) in [5.74, 6) is -0.909. The molecule has 0 bridgehead atoms. The summed E-state index contributed by atoms with van der Waals surface area (Å²) < 4.78 is 15.0. The predicted molar refractivity (Wildman–Crippen MR) is 72.4 cm³/mol. The summed E-state index contributed by atoms with van der Waals surface area (Å²) in [6, 6.07) is 4.29. The number of aromatic nitrogens is 4. The molecule has 0 saturated heterocycles. The van der Waals surface area contributed by atoms with Crippen LogP contribution in [-0.2, 0) is 11.2 Å². The highest BCUT2D eigenvalue weighted by molar-refractivity contribution is 7.20. The van der Waals surface area contributed by atoms with Crippen LogP contribution in [0.1, 0.15) is 5.56 Å². The third-order valence-corrected chi connectivity index (χ3v) is 3.71. The molecule has 0 aliphatic carbocycles. The maximum Gasteiger partial charge on any atom is 0.236 e. The number of nitrogens with one attached hydrogen (secondary N) is 1. The first kappa shape index (κ1) is 12.9. The SMILES string of the molecule is O=C(Cc1c(F)cccc1Cl)Nc1nn2cnnc2s1. The molecule has 1 amide bonds. The van der Waals surface area contributed by atoms with Crippen LogP contribution < -0.4 is 5.32 Å². The van der Waals surface area contributed by atoms with Crippen LogP contribution in [0.25, 0.3) is 4.96 Å². The standard InChI is InChI=1S/C11H7ClFN5OS/c12-7-2-1-3-8(13)6(7)4-9(19)15-10-17-18-5-14-16-11(18)20-10/h1-3,5H,4H2,(H,15,17,19). The van der Waals surface area contributed by atoms with Crippen LogP contribution in [-0.4, -0.2) is 25.7 Å². The number of anilines is 1. The molecule has 9 heteroatoms. The second-order valence-electron chi connectivity index (χ2n) is 3.89. The number of halogens is 2. The van der Waals surface area contributed by atoms with E-state index in [0.717, 1.165) is 0 Å². The van der Waals surface area contributed by atoms with Gasteiger partial charge in [0.15, 0.2) is 0 Å². The van der Waals surface area contributed by atoms with Crippen molar-refractivity contribution in [2.75, 3.05) is 5.32 Å². The van der Waals surface area contributed by atoms with Gasteiger partial charge in [-0.1, -0.05) is 29.0 Å². The topological polar surface area (TPSA) is 72.2 Å². The quantitative estimate of drug-likeness (QED) is 0.804. The fraction of sp³-hybridized carbons (Fsp3) is 0.0909. The van der Waals surface area contributed by atoms with Crippen molar-refractivity contribution in [3.8, 4) is 0 Å². The Hall–Kier alpha value is -2.06. The van der Waals surface area contributed by atoms with E-state index in [9.17, 15) is 9.18 Å². The summed E-state index contributed by atoms with van der Waals surface area (Å²) in [5.41, 5.74) is 0.162. The van der Waals surface area contributed by atoms with E-state index in [0.29, 0.717) is 10.1 Å². The fourth-order valence-corrected chi connectivity index (χ4v) is 2.60. The summed E-state index contributed by atoms with van der Waals surface area (Å²) >= 11 is 7.04. The molecule has 3 rings (SSSR count). The lowest BCUT2D eigenvalue weighted by atomic mass is 10.1. The molecule has 6 nitrogen and oxygen atoms in total. The van der Waals surface area contributed by atoms with E-state index in [-0.39, 0.29) is 17.0 Å². The van der Waals surface area contributed by atoms with Crippen LogP contribution in [0.15, 0.2) is 24.5 Å². The molecule has 20 heavy (non-hydrogen) atoms. The molecule has 0 atom stereocenters. The minimum absolute atomic E-state index is 0.161. The Labute approximate surface area is 121 Å². The molecule has 3 aromatic rings. The molecule has 0 aliphatic heterocycles. The molecular formula is C11H7ClFN5OS. The van der Waals surface area contributed by atoms with E-state index >= 15 is 0 Å². The van der Waals surface area contributed by atoms with Crippen LogP contribution in [0.2, 0.25) is 5.02 Å². The Morgan fingerprint density at radius 1 is 1.50 bits per heavy atom. The minimum atomic E-state index is -0.509. The van der Waals surface area contributed by atoms with Gasteiger partial charge in [0.2, 0.25) is 16.0 Å². The summed E-state index contributed by atoms with van der Waals surface area (Å²) in [6.07, 6.45) is 1.26. The van der Waals surface area contributed by atoms with Crippen molar-refractivity contribution >= 4 is 38.9 Å². The smallest absolute Gasteiger partial charge is 0.236 e. The van der Waals surface area contributed by atoms with Crippen molar-refractivity contribution in [1.29, 1.82) is 0 Å².